The van der Waals surface area contributed by atoms with Crippen LogP contribution in [0.5, 0.6) is 0 Å². The molecule has 2 aromatic carbocycles. The second kappa shape index (κ2) is 9.88. The molecule has 0 heterocycles. The molecule has 0 saturated heterocycles. The fourth-order valence-corrected chi connectivity index (χ4v) is 2.29. The highest BCUT2D eigenvalue weighted by molar-refractivity contribution is 5.94. The second-order valence-electron chi connectivity index (χ2n) is 6.21. The number of nitrogens with one attached hydrogen (secondary N) is 2. The smallest absolute Gasteiger partial charge is 0.338 e. The molecule has 2 rings (SSSR count). The van der Waals surface area contributed by atoms with Gasteiger partial charge < -0.3 is 15.4 Å². The molecule has 1 atom stereocenters. The third kappa shape index (κ3) is 6.25. The van der Waals surface area contributed by atoms with Crippen molar-refractivity contribution in [2.24, 2.45) is 0 Å². The normalized spacial score (nSPS) is 11.0. The van der Waals surface area contributed by atoms with Crippen LogP contribution in [0.4, 0.5) is 5.69 Å². The molecule has 0 spiro atoms. The average Bonchev–Trinajstić information content (AvgIpc) is 2.68. The van der Waals surface area contributed by atoms with Gasteiger partial charge in [-0.15, -0.1) is 0 Å². The lowest BCUT2D eigenvalue weighted by Crippen LogP contribution is -2.35. The van der Waals surface area contributed by atoms with Crippen molar-refractivity contribution in [1.82, 2.24) is 5.32 Å². The molecule has 0 saturated carbocycles. The van der Waals surface area contributed by atoms with E-state index in [1.54, 1.807) is 6.07 Å². The predicted molar refractivity (Wildman–Crippen MR) is 103 cm³/mol. The largest absolute Gasteiger partial charge is 0.449 e. The van der Waals surface area contributed by atoms with Crippen molar-refractivity contribution in [3.63, 3.8) is 0 Å². The first kappa shape index (κ1) is 20.6. The van der Waals surface area contributed by atoms with Gasteiger partial charge in [0.15, 0.2) is 6.10 Å². The molecule has 2 amide bonds. The van der Waals surface area contributed by atoms with Gasteiger partial charge in [0.2, 0.25) is 5.91 Å². The van der Waals surface area contributed by atoms with Gasteiger partial charge in [0.1, 0.15) is 6.42 Å². The number of carbonyl (C=O) groups excluding carboxylic acids is 3. The van der Waals surface area contributed by atoms with E-state index in [0.717, 1.165) is 11.1 Å². The van der Waals surface area contributed by atoms with Crippen LogP contribution in [0.1, 0.15) is 34.8 Å². The number of nitrogens with zero attached hydrogens (tertiary/aromatic N) is 1. The molecule has 2 aromatic rings. The standard InChI is InChI=1S/C21H21N3O4/c1-14-3-5-16(6-4-14)13-23-20(26)15(2)28-21(27)17-7-9-18(10-8-17)24-19(25)11-12-22/h3-10,15H,11,13H2,1-2H3,(H,23,26)(H,24,25). The lowest BCUT2D eigenvalue weighted by molar-refractivity contribution is -0.129. The fraction of sp³-hybridized carbons (Fsp3) is 0.238. The molecule has 2 N–H and O–H groups in total. The van der Waals surface area contributed by atoms with Crippen molar-refractivity contribution < 1.29 is 19.1 Å². The van der Waals surface area contributed by atoms with Crippen LogP contribution in [-0.4, -0.2) is 23.9 Å². The Morgan fingerprint density at radius 1 is 1.07 bits per heavy atom. The maximum Gasteiger partial charge on any atom is 0.338 e. The van der Waals surface area contributed by atoms with Crippen LogP contribution >= 0.6 is 0 Å². The highest BCUT2D eigenvalue weighted by Crippen LogP contribution is 2.12. The van der Waals surface area contributed by atoms with E-state index >= 15 is 0 Å². The molecule has 0 fully saturated rings. The zero-order valence-corrected chi connectivity index (χ0v) is 15.7. The number of rotatable bonds is 7. The number of hydrogen-bond donors (Lipinski definition) is 2. The first-order valence-electron chi connectivity index (χ1n) is 8.70. The highest BCUT2D eigenvalue weighted by Gasteiger charge is 2.18. The summed E-state index contributed by atoms with van der Waals surface area (Å²) in [6, 6.07) is 15.5. The minimum Gasteiger partial charge on any atom is -0.449 e. The number of hydrogen-bond acceptors (Lipinski definition) is 5. The van der Waals surface area contributed by atoms with Crippen LogP contribution in [0.2, 0.25) is 0 Å². The first-order valence-corrected chi connectivity index (χ1v) is 8.70. The maximum atomic E-state index is 12.2. The molecule has 1 unspecified atom stereocenters. The number of aryl methyl sites for hydroxylation is 1. The molecule has 0 bridgehead atoms. The summed E-state index contributed by atoms with van der Waals surface area (Å²) in [6.45, 7) is 3.83. The van der Waals surface area contributed by atoms with Crippen LogP contribution in [-0.2, 0) is 20.9 Å². The summed E-state index contributed by atoms with van der Waals surface area (Å²) in [7, 11) is 0. The van der Waals surface area contributed by atoms with Gasteiger partial charge in [0.25, 0.3) is 5.91 Å². The number of esters is 1. The molecule has 28 heavy (non-hydrogen) atoms. The molecule has 0 aromatic heterocycles. The highest BCUT2D eigenvalue weighted by atomic mass is 16.5. The van der Waals surface area contributed by atoms with E-state index in [1.165, 1.54) is 31.2 Å². The van der Waals surface area contributed by atoms with Gasteiger partial charge in [-0.3, -0.25) is 9.59 Å². The van der Waals surface area contributed by atoms with Gasteiger partial charge in [-0.25, -0.2) is 4.79 Å². The van der Waals surface area contributed by atoms with Gasteiger partial charge in [-0.2, -0.15) is 5.26 Å². The van der Waals surface area contributed by atoms with Crippen molar-refractivity contribution in [2.75, 3.05) is 5.32 Å². The molecular formula is C21H21N3O4. The number of anilines is 1. The van der Waals surface area contributed by atoms with E-state index in [1.807, 2.05) is 31.2 Å². The van der Waals surface area contributed by atoms with Crippen LogP contribution in [0, 0.1) is 18.3 Å². The summed E-state index contributed by atoms with van der Waals surface area (Å²) in [5.41, 5.74) is 2.79. The summed E-state index contributed by atoms with van der Waals surface area (Å²) in [6.07, 6.45) is -1.20. The van der Waals surface area contributed by atoms with E-state index in [-0.39, 0.29) is 12.0 Å². The number of amides is 2. The van der Waals surface area contributed by atoms with E-state index < -0.39 is 23.9 Å². The SMILES string of the molecule is Cc1ccc(CNC(=O)C(C)OC(=O)c2ccc(NC(=O)CC#N)cc2)cc1. The third-order valence-electron chi connectivity index (χ3n) is 3.88. The number of carbonyl (C=O) groups is 3. The molecule has 7 nitrogen and oxygen atoms in total. The Labute approximate surface area is 163 Å². The molecule has 0 aliphatic rings. The molecule has 0 aliphatic carbocycles. The van der Waals surface area contributed by atoms with Crippen molar-refractivity contribution in [3.05, 3.63) is 65.2 Å². The summed E-state index contributed by atoms with van der Waals surface area (Å²) in [4.78, 5) is 35.7. The summed E-state index contributed by atoms with van der Waals surface area (Å²) in [5, 5.41) is 13.7. The monoisotopic (exact) mass is 379 g/mol. The number of ether oxygens (including phenoxy) is 1. The fourth-order valence-electron chi connectivity index (χ4n) is 2.29. The Morgan fingerprint density at radius 2 is 1.71 bits per heavy atom. The summed E-state index contributed by atoms with van der Waals surface area (Å²) >= 11 is 0. The van der Waals surface area contributed by atoms with Gasteiger partial charge in [0, 0.05) is 12.2 Å². The second-order valence-corrected chi connectivity index (χ2v) is 6.21. The minimum atomic E-state index is -0.951. The third-order valence-corrected chi connectivity index (χ3v) is 3.88. The summed E-state index contributed by atoms with van der Waals surface area (Å²) < 4.78 is 5.18. The van der Waals surface area contributed by atoms with E-state index in [4.69, 9.17) is 10.00 Å². The van der Waals surface area contributed by atoms with Crippen LogP contribution in [0.3, 0.4) is 0 Å². The van der Waals surface area contributed by atoms with Crippen LogP contribution in [0.15, 0.2) is 48.5 Å². The first-order chi connectivity index (χ1) is 13.4. The van der Waals surface area contributed by atoms with E-state index in [9.17, 15) is 14.4 Å². The Balaban J connectivity index is 1.85. The predicted octanol–water partition coefficient (Wildman–Crippen LogP) is 2.71. The van der Waals surface area contributed by atoms with Crippen molar-refractivity contribution in [3.8, 4) is 6.07 Å². The lowest BCUT2D eigenvalue weighted by atomic mass is 10.1. The van der Waals surface area contributed by atoms with E-state index in [2.05, 4.69) is 10.6 Å². The van der Waals surface area contributed by atoms with Crippen LogP contribution in [0.25, 0.3) is 0 Å². The average molecular weight is 379 g/mol. The van der Waals surface area contributed by atoms with Gasteiger partial charge in [-0.1, -0.05) is 29.8 Å². The zero-order valence-electron chi connectivity index (χ0n) is 15.7. The zero-order chi connectivity index (χ0) is 20.5. The van der Waals surface area contributed by atoms with Gasteiger partial charge in [0.05, 0.1) is 11.6 Å². The minimum absolute atomic E-state index is 0.247. The van der Waals surface area contributed by atoms with Crippen molar-refractivity contribution in [2.45, 2.75) is 32.9 Å². The van der Waals surface area contributed by atoms with Crippen molar-refractivity contribution in [1.29, 1.82) is 5.26 Å². The molecule has 0 aliphatic heterocycles. The summed E-state index contributed by atoms with van der Waals surface area (Å²) in [5.74, 6) is -1.47. The van der Waals surface area contributed by atoms with Gasteiger partial charge in [-0.05, 0) is 43.7 Å². The van der Waals surface area contributed by atoms with Crippen molar-refractivity contribution >= 4 is 23.5 Å². The maximum absolute atomic E-state index is 12.2. The number of nitriles is 1. The number of benzene rings is 2. The quantitative estimate of drug-likeness (QED) is 0.719. The molecule has 7 heteroatoms. The van der Waals surface area contributed by atoms with E-state index in [0.29, 0.717) is 12.2 Å². The lowest BCUT2D eigenvalue weighted by Gasteiger charge is -2.14. The molecule has 144 valence electrons. The Kier molecular flexibility index (Phi) is 7.28. The van der Waals surface area contributed by atoms with Gasteiger partial charge >= 0.3 is 5.97 Å². The Morgan fingerprint density at radius 3 is 2.32 bits per heavy atom. The molecule has 0 radical (unpaired) electrons. The Bertz CT molecular complexity index is 883. The van der Waals surface area contributed by atoms with Crippen LogP contribution < -0.4 is 10.6 Å². The molecular weight excluding hydrogens is 358 g/mol. The Hall–Kier alpha value is -3.66. The topological polar surface area (TPSA) is 108 Å².